The van der Waals surface area contributed by atoms with E-state index in [9.17, 15) is 9.65 Å². The molecule has 17 heavy (non-hydrogen) atoms. The van der Waals surface area contributed by atoms with Gasteiger partial charge in [-0.1, -0.05) is 0 Å². The van der Waals surface area contributed by atoms with Gasteiger partial charge in [0.1, 0.15) is 11.4 Å². The van der Waals surface area contributed by atoms with Gasteiger partial charge in [-0.05, 0) is 44.2 Å². The molecule has 1 aliphatic heterocycles. The minimum absolute atomic E-state index is 0.271. The lowest BCUT2D eigenvalue weighted by molar-refractivity contribution is 0.403. The molecule has 1 unspecified atom stereocenters. The average molecular weight is 233 g/mol. The van der Waals surface area contributed by atoms with Gasteiger partial charge in [-0.25, -0.2) is 4.39 Å². The lowest BCUT2D eigenvalue weighted by Gasteiger charge is -2.24. The first kappa shape index (κ1) is 11.9. The fraction of sp³-hybridized carbons (Fsp3) is 0.462. The van der Waals surface area contributed by atoms with Gasteiger partial charge in [-0.3, -0.25) is 0 Å². The van der Waals surface area contributed by atoms with Crippen molar-refractivity contribution in [2.24, 2.45) is 0 Å². The molecule has 0 aromatic heterocycles. The van der Waals surface area contributed by atoms with Crippen LogP contribution in [-0.4, -0.2) is 30.6 Å². The second-order valence-electron chi connectivity index (χ2n) is 4.82. The second kappa shape index (κ2) is 4.34. The predicted molar refractivity (Wildman–Crippen MR) is 65.2 cm³/mol. The summed E-state index contributed by atoms with van der Waals surface area (Å²) in [7, 11) is 1.98. The van der Waals surface area contributed by atoms with Gasteiger partial charge in [0.2, 0.25) is 0 Å². The molecule has 4 heteroatoms. The Kier molecular flexibility index (Phi) is 3.03. The van der Waals surface area contributed by atoms with Gasteiger partial charge in [0, 0.05) is 18.8 Å². The van der Waals surface area contributed by atoms with Crippen molar-refractivity contribution in [3.63, 3.8) is 0 Å². The van der Waals surface area contributed by atoms with Crippen LogP contribution in [0.2, 0.25) is 0 Å². The monoisotopic (exact) mass is 233 g/mol. The molecule has 1 aliphatic rings. The van der Waals surface area contributed by atoms with Crippen LogP contribution in [-0.2, 0) is 0 Å². The van der Waals surface area contributed by atoms with Crippen molar-refractivity contribution in [3.8, 4) is 6.07 Å². The molecule has 1 aromatic rings. The SMILES string of the molecule is Cc1cc(F)cc(NC2(C#N)CCN(C)C2)c1. The molecule has 2 rings (SSSR count). The topological polar surface area (TPSA) is 39.1 Å². The van der Waals surface area contributed by atoms with Crippen LogP contribution in [0.15, 0.2) is 18.2 Å². The van der Waals surface area contributed by atoms with Crippen LogP contribution in [0.25, 0.3) is 0 Å². The molecular weight excluding hydrogens is 217 g/mol. The van der Waals surface area contributed by atoms with E-state index in [-0.39, 0.29) is 5.82 Å². The van der Waals surface area contributed by atoms with E-state index in [2.05, 4.69) is 16.3 Å². The lowest BCUT2D eigenvalue weighted by atomic mass is 10.00. The smallest absolute Gasteiger partial charge is 0.139 e. The first-order valence-electron chi connectivity index (χ1n) is 5.68. The Morgan fingerprint density at radius 1 is 1.47 bits per heavy atom. The van der Waals surface area contributed by atoms with Gasteiger partial charge in [-0.15, -0.1) is 0 Å². The maximum Gasteiger partial charge on any atom is 0.139 e. The summed E-state index contributed by atoms with van der Waals surface area (Å²) in [5, 5.41) is 12.5. The van der Waals surface area contributed by atoms with Gasteiger partial charge in [0.15, 0.2) is 0 Å². The third-order valence-electron chi connectivity index (χ3n) is 3.10. The minimum Gasteiger partial charge on any atom is -0.366 e. The molecule has 0 saturated carbocycles. The van der Waals surface area contributed by atoms with Crippen LogP contribution >= 0.6 is 0 Å². The highest BCUT2D eigenvalue weighted by Gasteiger charge is 2.36. The van der Waals surface area contributed by atoms with Crippen LogP contribution in [0.4, 0.5) is 10.1 Å². The maximum absolute atomic E-state index is 13.3. The highest BCUT2D eigenvalue weighted by molar-refractivity contribution is 5.50. The molecule has 0 bridgehead atoms. The van der Waals surface area contributed by atoms with E-state index in [1.54, 1.807) is 0 Å². The number of likely N-dealkylation sites (N-methyl/N-ethyl adjacent to an activating group) is 1. The molecule has 3 nitrogen and oxygen atoms in total. The number of aryl methyl sites for hydroxylation is 1. The van der Waals surface area contributed by atoms with E-state index in [4.69, 9.17) is 0 Å². The summed E-state index contributed by atoms with van der Waals surface area (Å²) in [4.78, 5) is 2.10. The fourth-order valence-electron chi connectivity index (χ4n) is 2.31. The van der Waals surface area contributed by atoms with Crippen molar-refractivity contribution in [1.29, 1.82) is 5.26 Å². The Morgan fingerprint density at radius 3 is 2.76 bits per heavy atom. The summed E-state index contributed by atoms with van der Waals surface area (Å²) in [5.74, 6) is -0.271. The first-order valence-corrected chi connectivity index (χ1v) is 5.68. The summed E-state index contributed by atoms with van der Waals surface area (Å²) < 4.78 is 13.3. The zero-order chi connectivity index (χ0) is 12.5. The summed E-state index contributed by atoms with van der Waals surface area (Å²) >= 11 is 0. The fourth-order valence-corrected chi connectivity index (χ4v) is 2.31. The molecule has 0 radical (unpaired) electrons. The predicted octanol–water partition coefficient (Wildman–Crippen LogP) is 2.14. The first-order chi connectivity index (χ1) is 8.03. The summed E-state index contributed by atoms with van der Waals surface area (Å²) in [6, 6.07) is 7.09. The highest BCUT2D eigenvalue weighted by Crippen LogP contribution is 2.25. The van der Waals surface area contributed by atoms with E-state index in [0.29, 0.717) is 12.2 Å². The van der Waals surface area contributed by atoms with Crippen LogP contribution in [0.1, 0.15) is 12.0 Å². The minimum atomic E-state index is -0.588. The van der Waals surface area contributed by atoms with E-state index >= 15 is 0 Å². The second-order valence-corrected chi connectivity index (χ2v) is 4.82. The van der Waals surface area contributed by atoms with E-state index in [1.165, 1.54) is 12.1 Å². The number of rotatable bonds is 2. The molecule has 1 heterocycles. The van der Waals surface area contributed by atoms with Crippen LogP contribution in [0.3, 0.4) is 0 Å². The van der Waals surface area contributed by atoms with E-state index in [0.717, 1.165) is 18.5 Å². The third-order valence-corrected chi connectivity index (χ3v) is 3.10. The number of anilines is 1. The number of nitrogens with one attached hydrogen (secondary N) is 1. The van der Waals surface area contributed by atoms with Gasteiger partial charge in [0.25, 0.3) is 0 Å². The molecule has 1 N–H and O–H groups in total. The normalized spacial score (nSPS) is 24.6. The Hall–Kier alpha value is -1.60. The maximum atomic E-state index is 13.3. The van der Waals surface area contributed by atoms with Crippen LogP contribution in [0, 0.1) is 24.1 Å². The van der Waals surface area contributed by atoms with E-state index < -0.39 is 5.54 Å². The Morgan fingerprint density at radius 2 is 2.24 bits per heavy atom. The van der Waals surface area contributed by atoms with Crippen molar-refractivity contribution in [2.45, 2.75) is 18.9 Å². The number of nitrogens with zero attached hydrogens (tertiary/aromatic N) is 2. The molecule has 1 aromatic carbocycles. The van der Waals surface area contributed by atoms with Gasteiger partial charge in [-0.2, -0.15) is 5.26 Å². The van der Waals surface area contributed by atoms with Gasteiger partial charge >= 0.3 is 0 Å². The number of nitriles is 1. The van der Waals surface area contributed by atoms with Crippen LogP contribution < -0.4 is 5.32 Å². The molecule has 0 spiro atoms. The van der Waals surface area contributed by atoms with Crippen molar-refractivity contribution >= 4 is 5.69 Å². The molecule has 1 fully saturated rings. The molecule has 90 valence electrons. The number of halogens is 1. The molecular formula is C13H16FN3. The number of hydrogen-bond acceptors (Lipinski definition) is 3. The zero-order valence-corrected chi connectivity index (χ0v) is 10.1. The van der Waals surface area contributed by atoms with Gasteiger partial charge < -0.3 is 10.2 Å². The Labute approximate surface area is 101 Å². The van der Waals surface area contributed by atoms with Crippen molar-refractivity contribution in [3.05, 3.63) is 29.6 Å². The summed E-state index contributed by atoms with van der Waals surface area (Å²) in [6.45, 7) is 3.39. The molecule has 1 saturated heterocycles. The van der Waals surface area contributed by atoms with Crippen molar-refractivity contribution < 1.29 is 4.39 Å². The highest BCUT2D eigenvalue weighted by atomic mass is 19.1. The van der Waals surface area contributed by atoms with Crippen LogP contribution in [0.5, 0.6) is 0 Å². The quantitative estimate of drug-likeness (QED) is 0.850. The zero-order valence-electron chi connectivity index (χ0n) is 10.1. The standard InChI is InChI=1S/C13H16FN3/c1-10-5-11(14)7-12(6-10)16-13(8-15)3-4-17(2)9-13/h5-7,16H,3-4,9H2,1-2H3. The summed E-state index contributed by atoms with van der Waals surface area (Å²) in [5.41, 5.74) is 0.945. The van der Waals surface area contributed by atoms with Gasteiger partial charge in [0.05, 0.1) is 6.07 Å². The van der Waals surface area contributed by atoms with E-state index in [1.807, 2.05) is 20.0 Å². The number of likely N-dealkylation sites (tertiary alicyclic amines) is 1. The molecule has 0 amide bonds. The van der Waals surface area contributed by atoms with Crippen molar-refractivity contribution in [2.75, 3.05) is 25.5 Å². The Bertz CT molecular complexity index is 446. The lowest BCUT2D eigenvalue weighted by Crippen LogP contribution is -2.39. The number of benzene rings is 1. The van der Waals surface area contributed by atoms with Crippen molar-refractivity contribution in [1.82, 2.24) is 4.90 Å². The Balaban J connectivity index is 2.22. The third kappa shape index (κ3) is 2.56. The largest absolute Gasteiger partial charge is 0.366 e. The molecule has 1 atom stereocenters. The number of hydrogen-bond donors (Lipinski definition) is 1. The molecule has 0 aliphatic carbocycles. The summed E-state index contributed by atoms with van der Waals surface area (Å²) in [6.07, 6.45) is 0.759. The average Bonchev–Trinajstić information content (AvgIpc) is 2.59.